The normalized spacial score (nSPS) is 11.0. The molecule has 150 valence electrons. The van der Waals surface area contributed by atoms with Crippen molar-refractivity contribution in [1.82, 2.24) is 9.80 Å². The molecule has 0 atom stereocenters. The fourth-order valence-electron chi connectivity index (χ4n) is 1.97. The third kappa shape index (κ3) is 15.3. The summed E-state index contributed by atoms with van der Waals surface area (Å²) in [7, 11) is 0. The Kier molecular flexibility index (Phi) is 12.7. The quantitative estimate of drug-likeness (QED) is 0.133. The maximum atomic E-state index is 10.6. The zero-order valence-corrected chi connectivity index (χ0v) is 14.2. The Labute approximate surface area is 149 Å². The van der Waals surface area contributed by atoms with Gasteiger partial charge in [-0.3, -0.25) is 29.0 Å². The van der Waals surface area contributed by atoms with E-state index in [2.05, 4.69) is 0 Å². The van der Waals surface area contributed by atoms with Crippen molar-refractivity contribution in [3.8, 4) is 0 Å². The SMILES string of the molecule is O=C(O)CN(CCCCOOCCN(CC(=O)O)CC(=O)O)CC(=O)O. The molecule has 26 heavy (non-hydrogen) atoms. The first-order chi connectivity index (χ1) is 12.2. The molecule has 0 bridgehead atoms. The molecule has 0 aromatic heterocycles. The van der Waals surface area contributed by atoms with Gasteiger partial charge in [-0.05, 0) is 19.4 Å². The molecule has 0 aliphatic rings. The molecule has 0 fully saturated rings. The zero-order chi connectivity index (χ0) is 19.9. The van der Waals surface area contributed by atoms with Crippen LogP contribution in [0.25, 0.3) is 0 Å². The summed E-state index contributed by atoms with van der Waals surface area (Å²) < 4.78 is 0. The van der Waals surface area contributed by atoms with Crippen LogP contribution in [-0.4, -0.2) is 107 Å². The Morgan fingerprint density at radius 2 is 0.962 bits per heavy atom. The molecule has 0 rings (SSSR count). The van der Waals surface area contributed by atoms with E-state index < -0.39 is 37.0 Å². The van der Waals surface area contributed by atoms with Crippen molar-refractivity contribution in [2.75, 3.05) is 52.5 Å². The zero-order valence-electron chi connectivity index (χ0n) is 14.2. The van der Waals surface area contributed by atoms with E-state index in [1.54, 1.807) is 0 Å². The Morgan fingerprint density at radius 1 is 0.577 bits per heavy atom. The molecule has 12 nitrogen and oxygen atoms in total. The van der Waals surface area contributed by atoms with E-state index in [9.17, 15) is 19.2 Å². The van der Waals surface area contributed by atoms with Crippen molar-refractivity contribution < 1.29 is 49.4 Å². The predicted molar refractivity (Wildman–Crippen MR) is 84.6 cm³/mol. The maximum absolute atomic E-state index is 10.6. The van der Waals surface area contributed by atoms with E-state index in [0.717, 1.165) is 0 Å². The largest absolute Gasteiger partial charge is 0.480 e. The summed E-state index contributed by atoms with van der Waals surface area (Å²) >= 11 is 0. The molecule has 0 radical (unpaired) electrons. The highest BCUT2D eigenvalue weighted by Crippen LogP contribution is 1.97. The minimum atomic E-state index is -1.15. The molecule has 4 N–H and O–H groups in total. The minimum Gasteiger partial charge on any atom is -0.480 e. The highest BCUT2D eigenvalue weighted by molar-refractivity contribution is 5.73. The van der Waals surface area contributed by atoms with Gasteiger partial charge < -0.3 is 20.4 Å². The molecular weight excluding hydrogens is 356 g/mol. The number of hydrogen-bond donors (Lipinski definition) is 4. The molecule has 0 aromatic rings. The fourth-order valence-corrected chi connectivity index (χ4v) is 1.97. The van der Waals surface area contributed by atoms with Crippen LogP contribution >= 0.6 is 0 Å². The molecule has 0 unspecified atom stereocenters. The van der Waals surface area contributed by atoms with E-state index in [1.165, 1.54) is 9.80 Å². The number of aliphatic carboxylic acids is 4. The van der Waals surface area contributed by atoms with Crippen molar-refractivity contribution in [3.63, 3.8) is 0 Å². The first-order valence-corrected chi connectivity index (χ1v) is 7.77. The van der Waals surface area contributed by atoms with Crippen LogP contribution in [0.3, 0.4) is 0 Å². The van der Waals surface area contributed by atoms with Crippen molar-refractivity contribution in [3.05, 3.63) is 0 Å². The van der Waals surface area contributed by atoms with E-state index >= 15 is 0 Å². The fraction of sp³-hybridized carbons (Fsp3) is 0.714. The number of nitrogens with zero attached hydrogens (tertiary/aromatic N) is 2. The van der Waals surface area contributed by atoms with Gasteiger partial charge in [-0.2, -0.15) is 0 Å². The van der Waals surface area contributed by atoms with E-state index in [-0.39, 0.29) is 39.4 Å². The van der Waals surface area contributed by atoms with Gasteiger partial charge in [0, 0.05) is 6.54 Å². The molecule has 0 saturated carbocycles. The number of rotatable bonds is 17. The van der Waals surface area contributed by atoms with Crippen LogP contribution in [0.2, 0.25) is 0 Å². The van der Waals surface area contributed by atoms with Crippen LogP contribution in [0, 0.1) is 0 Å². The second-order valence-electron chi connectivity index (χ2n) is 5.35. The second-order valence-corrected chi connectivity index (χ2v) is 5.35. The molecule has 0 heterocycles. The number of carboxylic acids is 4. The lowest BCUT2D eigenvalue weighted by Gasteiger charge is -2.18. The molecule has 0 amide bonds. The first kappa shape index (κ1) is 23.7. The van der Waals surface area contributed by atoms with Gasteiger partial charge in [-0.25, -0.2) is 9.78 Å². The van der Waals surface area contributed by atoms with E-state index in [1.807, 2.05) is 0 Å². The van der Waals surface area contributed by atoms with Gasteiger partial charge in [0.1, 0.15) is 0 Å². The van der Waals surface area contributed by atoms with Crippen molar-refractivity contribution >= 4 is 23.9 Å². The van der Waals surface area contributed by atoms with Crippen molar-refractivity contribution in [2.24, 2.45) is 0 Å². The van der Waals surface area contributed by atoms with Gasteiger partial charge in [0.05, 0.1) is 39.4 Å². The van der Waals surface area contributed by atoms with E-state index in [0.29, 0.717) is 12.8 Å². The molecule has 0 aliphatic heterocycles. The summed E-state index contributed by atoms with van der Waals surface area (Å²) in [5.41, 5.74) is 0. The van der Waals surface area contributed by atoms with Gasteiger partial charge in [0.15, 0.2) is 0 Å². The topological polar surface area (TPSA) is 174 Å². The van der Waals surface area contributed by atoms with Crippen LogP contribution in [-0.2, 0) is 29.0 Å². The lowest BCUT2D eigenvalue weighted by atomic mass is 10.3. The van der Waals surface area contributed by atoms with Crippen LogP contribution in [0.4, 0.5) is 0 Å². The van der Waals surface area contributed by atoms with Gasteiger partial charge in [0.2, 0.25) is 0 Å². The molecule has 0 saturated heterocycles. The number of hydrogen-bond acceptors (Lipinski definition) is 8. The number of carboxylic acid groups (broad SMARTS) is 4. The average Bonchev–Trinajstić information content (AvgIpc) is 2.47. The highest BCUT2D eigenvalue weighted by Gasteiger charge is 2.14. The van der Waals surface area contributed by atoms with Crippen molar-refractivity contribution in [1.29, 1.82) is 0 Å². The van der Waals surface area contributed by atoms with Crippen molar-refractivity contribution in [2.45, 2.75) is 12.8 Å². The molecular formula is C14H24N2O10. The third-order valence-electron chi connectivity index (χ3n) is 2.96. The maximum Gasteiger partial charge on any atom is 0.317 e. The summed E-state index contributed by atoms with van der Waals surface area (Å²) in [6.45, 7) is -1.12. The summed E-state index contributed by atoms with van der Waals surface area (Å²) in [5, 5.41) is 34.7. The minimum absolute atomic E-state index is 0.0231. The first-order valence-electron chi connectivity index (χ1n) is 7.77. The van der Waals surface area contributed by atoms with Crippen LogP contribution in [0.1, 0.15) is 12.8 Å². The molecule has 0 spiro atoms. The van der Waals surface area contributed by atoms with Gasteiger partial charge >= 0.3 is 23.9 Å². The highest BCUT2D eigenvalue weighted by atomic mass is 17.2. The summed E-state index contributed by atoms with van der Waals surface area (Å²) in [6.07, 6.45) is 0.984. The molecule has 12 heteroatoms. The summed E-state index contributed by atoms with van der Waals surface area (Å²) in [5.74, 6) is -4.53. The number of carbonyl (C=O) groups is 4. The Hall–Kier alpha value is -2.28. The van der Waals surface area contributed by atoms with Crippen LogP contribution in [0.5, 0.6) is 0 Å². The second kappa shape index (κ2) is 13.9. The van der Waals surface area contributed by atoms with Crippen LogP contribution in [0.15, 0.2) is 0 Å². The predicted octanol–water partition coefficient (Wildman–Crippen LogP) is -1.34. The lowest BCUT2D eigenvalue weighted by molar-refractivity contribution is -0.295. The molecule has 0 aliphatic carbocycles. The average molecular weight is 380 g/mol. The van der Waals surface area contributed by atoms with E-state index in [4.69, 9.17) is 30.2 Å². The third-order valence-corrected chi connectivity index (χ3v) is 2.96. The lowest BCUT2D eigenvalue weighted by Crippen LogP contribution is -2.36. The Morgan fingerprint density at radius 3 is 1.38 bits per heavy atom. The Balaban J connectivity index is 3.83. The van der Waals surface area contributed by atoms with Gasteiger partial charge in [-0.1, -0.05) is 0 Å². The van der Waals surface area contributed by atoms with Crippen LogP contribution < -0.4 is 0 Å². The molecule has 0 aromatic carbocycles. The standard InChI is InChI=1S/C14H24N2O10/c17-11(18)7-15(8-12(19)20)3-1-2-5-25-26-6-4-16(9-13(21)22)10-14(23)24/h1-10H2,(H,17,18)(H,19,20)(H,21,22)(H,23,24). The monoisotopic (exact) mass is 380 g/mol. The summed E-state index contributed by atoms with van der Waals surface area (Å²) in [4.78, 5) is 54.6. The summed E-state index contributed by atoms with van der Waals surface area (Å²) in [6, 6.07) is 0. The van der Waals surface area contributed by atoms with Gasteiger partial charge in [0.25, 0.3) is 0 Å². The van der Waals surface area contributed by atoms with Gasteiger partial charge in [-0.15, -0.1) is 0 Å². The smallest absolute Gasteiger partial charge is 0.317 e. The number of unbranched alkanes of at least 4 members (excludes halogenated alkanes) is 1. The Bertz CT molecular complexity index is 397.